The lowest BCUT2D eigenvalue weighted by atomic mass is 10.2. The van der Waals surface area contributed by atoms with E-state index in [4.69, 9.17) is 0 Å². The highest BCUT2D eigenvalue weighted by Crippen LogP contribution is 2.31. The molecule has 1 aliphatic heterocycles. The smallest absolute Gasteiger partial charge is 0.269 e. The van der Waals surface area contributed by atoms with E-state index in [1.807, 2.05) is 4.90 Å². The van der Waals surface area contributed by atoms with Gasteiger partial charge in [-0.3, -0.25) is 4.79 Å². The second-order valence-corrected chi connectivity index (χ2v) is 4.93. The van der Waals surface area contributed by atoms with Crippen LogP contribution in [-0.4, -0.2) is 41.4 Å². The first-order valence-electron chi connectivity index (χ1n) is 5.84. The van der Waals surface area contributed by atoms with Crippen LogP contribution in [-0.2, 0) is 4.79 Å². The molecule has 1 saturated heterocycles. The van der Waals surface area contributed by atoms with E-state index in [-0.39, 0.29) is 5.91 Å². The van der Waals surface area contributed by atoms with Crippen LogP contribution in [0.5, 0.6) is 0 Å². The van der Waals surface area contributed by atoms with Gasteiger partial charge in [0.15, 0.2) is 0 Å². The van der Waals surface area contributed by atoms with Crippen LogP contribution >= 0.6 is 0 Å². The van der Waals surface area contributed by atoms with Crippen molar-refractivity contribution in [3.8, 4) is 0 Å². The summed E-state index contributed by atoms with van der Waals surface area (Å²) in [5.74, 6) is 0.911. The molecule has 1 aliphatic carbocycles. The van der Waals surface area contributed by atoms with Gasteiger partial charge in [-0.15, -0.1) is 0 Å². The van der Waals surface area contributed by atoms with Crippen molar-refractivity contribution in [2.75, 3.05) is 19.6 Å². The number of nitrogens with zero attached hydrogens (tertiary/aromatic N) is 2. The van der Waals surface area contributed by atoms with Gasteiger partial charge in [-0.1, -0.05) is 6.58 Å². The number of rotatable bonds is 3. The molecule has 2 rings (SSSR count). The molecular weight excluding hydrogens is 188 g/mol. The molecule has 2 aliphatic rings. The Hall–Kier alpha value is -0.990. The van der Waals surface area contributed by atoms with E-state index < -0.39 is 0 Å². The molecule has 15 heavy (non-hydrogen) atoms. The van der Waals surface area contributed by atoms with Crippen LogP contribution in [0.3, 0.4) is 0 Å². The van der Waals surface area contributed by atoms with Crippen molar-refractivity contribution >= 4 is 5.91 Å². The summed E-state index contributed by atoms with van der Waals surface area (Å²) >= 11 is 0. The third kappa shape index (κ3) is 2.16. The van der Waals surface area contributed by atoms with Gasteiger partial charge < -0.3 is 9.80 Å². The van der Waals surface area contributed by atoms with E-state index in [9.17, 15) is 4.79 Å². The molecule has 3 heteroatoms. The molecule has 84 valence electrons. The molecule has 1 saturated carbocycles. The molecule has 2 fully saturated rings. The predicted octanol–water partition coefficient (Wildman–Crippen LogP) is 1.46. The summed E-state index contributed by atoms with van der Waals surface area (Å²) in [7, 11) is 0. The summed E-state index contributed by atoms with van der Waals surface area (Å²) in [4.78, 5) is 16.1. The number of hydrogen-bond acceptors (Lipinski definition) is 2. The van der Waals surface area contributed by atoms with Crippen molar-refractivity contribution < 1.29 is 4.79 Å². The number of amides is 1. The molecule has 0 aromatic carbocycles. The first kappa shape index (κ1) is 10.5. The van der Waals surface area contributed by atoms with Gasteiger partial charge in [0.25, 0.3) is 5.91 Å². The van der Waals surface area contributed by atoms with E-state index in [1.165, 1.54) is 12.8 Å². The third-order valence-electron chi connectivity index (χ3n) is 3.29. The van der Waals surface area contributed by atoms with Gasteiger partial charge in [0.05, 0.1) is 5.70 Å². The summed E-state index contributed by atoms with van der Waals surface area (Å²) in [6.07, 6.45) is 2.59. The van der Waals surface area contributed by atoms with Gasteiger partial charge in [0, 0.05) is 25.7 Å². The molecule has 1 amide bonds. The SMILES string of the molecule is C=C1C(=O)N(CC2CC2)CCN1C(C)C. The van der Waals surface area contributed by atoms with Gasteiger partial charge >= 0.3 is 0 Å². The minimum atomic E-state index is 0.141. The fraction of sp³-hybridized carbons (Fsp3) is 0.750. The van der Waals surface area contributed by atoms with Crippen molar-refractivity contribution in [2.24, 2.45) is 5.92 Å². The number of piperazine rings is 1. The summed E-state index contributed by atoms with van der Waals surface area (Å²) in [5.41, 5.74) is 0.678. The Kier molecular flexibility index (Phi) is 2.72. The topological polar surface area (TPSA) is 23.6 Å². The first-order valence-corrected chi connectivity index (χ1v) is 5.84. The van der Waals surface area contributed by atoms with Crippen molar-refractivity contribution in [1.29, 1.82) is 0 Å². The number of carbonyl (C=O) groups excluding carboxylic acids is 1. The number of hydrogen-bond donors (Lipinski definition) is 0. The van der Waals surface area contributed by atoms with Crippen LogP contribution in [0, 0.1) is 5.92 Å². The molecule has 0 aromatic heterocycles. The van der Waals surface area contributed by atoms with Gasteiger partial charge in [-0.25, -0.2) is 0 Å². The Morgan fingerprint density at radius 1 is 1.40 bits per heavy atom. The lowest BCUT2D eigenvalue weighted by molar-refractivity contribution is -0.132. The Morgan fingerprint density at radius 3 is 2.60 bits per heavy atom. The molecule has 0 unspecified atom stereocenters. The van der Waals surface area contributed by atoms with Gasteiger partial charge in [0.1, 0.15) is 0 Å². The highest BCUT2D eigenvalue weighted by atomic mass is 16.2. The fourth-order valence-corrected chi connectivity index (χ4v) is 2.13. The summed E-state index contributed by atoms with van der Waals surface area (Å²) in [6.45, 7) is 10.9. The monoisotopic (exact) mass is 208 g/mol. The molecule has 1 heterocycles. The maximum atomic E-state index is 12.0. The molecular formula is C12H20N2O. The van der Waals surface area contributed by atoms with Crippen molar-refractivity contribution in [1.82, 2.24) is 9.80 Å². The van der Waals surface area contributed by atoms with Crippen LogP contribution in [0.4, 0.5) is 0 Å². The van der Waals surface area contributed by atoms with Gasteiger partial charge in [-0.05, 0) is 32.6 Å². The van der Waals surface area contributed by atoms with Crippen molar-refractivity contribution in [2.45, 2.75) is 32.7 Å². The molecule has 0 radical (unpaired) electrons. The average Bonchev–Trinajstić information content (AvgIpc) is 2.96. The van der Waals surface area contributed by atoms with E-state index in [1.54, 1.807) is 0 Å². The highest BCUT2D eigenvalue weighted by molar-refractivity contribution is 5.93. The molecule has 0 spiro atoms. The normalized spacial score (nSPS) is 22.9. The Morgan fingerprint density at radius 2 is 2.07 bits per heavy atom. The highest BCUT2D eigenvalue weighted by Gasteiger charge is 2.32. The summed E-state index contributed by atoms with van der Waals surface area (Å²) < 4.78 is 0. The van der Waals surface area contributed by atoms with Crippen LogP contribution in [0.15, 0.2) is 12.3 Å². The lowest BCUT2D eigenvalue weighted by Crippen LogP contribution is -2.50. The molecule has 0 aromatic rings. The van der Waals surface area contributed by atoms with E-state index >= 15 is 0 Å². The van der Waals surface area contributed by atoms with Gasteiger partial charge in [0.2, 0.25) is 0 Å². The second-order valence-electron chi connectivity index (χ2n) is 4.93. The second kappa shape index (κ2) is 3.87. The van der Waals surface area contributed by atoms with Crippen LogP contribution in [0.1, 0.15) is 26.7 Å². The maximum absolute atomic E-state index is 12.0. The van der Waals surface area contributed by atoms with E-state index in [2.05, 4.69) is 25.3 Å². The Balaban J connectivity index is 1.97. The van der Waals surface area contributed by atoms with Crippen molar-refractivity contribution in [3.05, 3.63) is 12.3 Å². The number of carbonyl (C=O) groups is 1. The predicted molar refractivity (Wildman–Crippen MR) is 60.3 cm³/mol. The molecule has 0 bridgehead atoms. The van der Waals surface area contributed by atoms with Crippen LogP contribution < -0.4 is 0 Å². The minimum absolute atomic E-state index is 0.141. The zero-order valence-electron chi connectivity index (χ0n) is 9.70. The Labute approximate surface area is 91.7 Å². The lowest BCUT2D eigenvalue weighted by Gasteiger charge is -2.39. The molecule has 0 N–H and O–H groups in total. The molecule has 0 atom stereocenters. The Bertz CT molecular complexity index is 281. The largest absolute Gasteiger partial charge is 0.363 e. The van der Waals surface area contributed by atoms with E-state index in [0.29, 0.717) is 11.7 Å². The summed E-state index contributed by atoms with van der Waals surface area (Å²) in [6, 6.07) is 0.379. The molecule has 3 nitrogen and oxygen atoms in total. The van der Waals surface area contributed by atoms with E-state index in [0.717, 1.165) is 25.6 Å². The van der Waals surface area contributed by atoms with Gasteiger partial charge in [-0.2, -0.15) is 0 Å². The van der Waals surface area contributed by atoms with Crippen LogP contribution in [0.25, 0.3) is 0 Å². The fourth-order valence-electron chi connectivity index (χ4n) is 2.13. The third-order valence-corrected chi connectivity index (χ3v) is 3.29. The average molecular weight is 208 g/mol. The zero-order chi connectivity index (χ0) is 11.0. The maximum Gasteiger partial charge on any atom is 0.269 e. The summed E-state index contributed by atoms with van der Waals surface area (Å²) in [5, 5.41) is 0. The first-order chi connectivity index (χ1) is 7.09. The minimum Gasteiger partial charge on any atom is -0.363 e. The quantitative estimate of drug-likeness (QED) is 0.656. The van der Waals surface area contributed by atoms with Crippen LogP contribution in [0.2, 0.25) is 0 Å². The zero-order valence-corrected chi connectivity index (χ0v) is 9.70. The van der Waals surface area contributed by atoms with Crippen molar-refractivity contribution in [3.63, 3.8) is 0 Å². The standard InChI is InChI=1S/C12H20N2O/c1-9(2)14-7-6-13(8-11-4-5-11)12(15)10(14)3/h9,11H,3-8H2,1-2H3.